The number of aromatic nitrogens is 2. The average Bonchev–Trinajstić information content (AvgIpc) is 3.37. The molecule has 0 saturated heterocycles. The summed E-state index contributed by atoms with van der Waals surface area (Å²) in [4.78, 5) is 19.5. The van der Waals surface area contributed by atoms with E-state index in [0.29, 0.717) is 29.1 Å². The lowest BCUT2D eigenvalue weighted by Gasteiger charge is -2.35. The van der Waals surface area contributed by atoms with Crippen LogP contribution in [0.4, 0.5) is 9.18 Å². The first-order valence-corrected chi connectivity index (χ1v) is 11.5. The number of carbonyl (C=O) groups is 1. The second kappa shape index (κ2) is 9.65. The number of hydrogen-bond donors (Lipinski definition) is 1. The Bertz CT molecular complexity index is 1450. The van der Waals surface area contributed by atoms with Crippen LogP contribution in [0.5, 0.6) is 5.75 Å². The zero-order chi connectivity index (χ0) is 25.2. The van der Waals surface area contributed by atoms with Crippen LogP contribution in [0.15, 0.2) is 83.0 Å². The number of carbonyl (C=O) groups excluding carboxylic acids is 1. The van der Waals surface area contributed by atoms with Crippen LogP contribution in [0.3, 0.4) is 0 Å². The molecule has 0 bridgehead atoms. The van der Waals surface area contributed by atoms with Gasteiger partial charge in [0.25, 0.3) is 5.89 Å². The zero-order valence-electron chi connectivity index (χ0n) is 20.2. The Hall–Kier alpha value is -4.46. The number of aryl methyl sites for hydroxylation is 1. The van der Waals surface area contributed by atoms with E-state index in [1.807, 2.05) is 62.4 Å². The maximum absolute atomic E-state index is 13.8. The van der Waals surface area contributed by atoms with Gasteiger partial charge in [-0.3, -0.25) is 4.90 Å². The normalized spacial score (nSPS) is 15.7. The topological polar surface area (TPSA) is 80.5 Å². The molecule has 2 amide bonds. The molecule has 1 aliphatic rings. The molecule has 0 aliphatic carbocycles. The van der Waals surface area contributed by atoms with Crippen molar-refractivity contribution in [2.45, 2.75) is 26.4 Å². The summed E-state index contributed by atoms with van der Waals surface area (Å²) >= 11 is 0. The molecule has 2 heterocycles. The first kappa shape index (κ1) is 23.3. The number of hydrogen-bond acceptors (Lipinski definition) is 5. The first-order valence-electron chi connectivity index (χ1n) is 11.5. The van der Waals surface area contributed by atoms with E-state index < -0.39 is 6.04 Å². The van der Waals surface area contributed by atoms with Crippen molar-refractivity contribution in [2.24, 2.45) is 0 Å². The van der Waals surface area contributed by atoms with E-state index in [4.69, 9.17) is 9.26 Å². The third kappa shape index (κ3) is 4.57. The Labute approximate surface area is 208 Å². The summed E-state index contributed by atoms with van der Waals surface area (Å²) < 4.78 is 24.8. The number of methoxy groups -OCH3 is 1. The molecule has 1 unspecified atom stereocenters. The smallest absolute Gasteiger partial charge is 0.322 e. The van der Waals surface area contributed by atoms with Gasteiger partial charge in [-0.25, -0.2) is 9.18 Å². The van der Waals surface area contributed by atoms with Crippen molar-refractivity contribution in [1.82, 2.24) is 20.4 Å². The number of amides is 2. The number of halogens is 1. The predicted molar refractivity (Wildman–Crippen MR) is 133 cm³/mol. The Morgan fingerprint density at radius 2 is 1.83 bits per heavy atom. The van der Waals surface area contributed by atoms with Crippen molar-refractivity contribution in [3.63, 3.8) is 0 Å². The number of allylic oxidation sites excluding steroid dienone is 1. The number of ether oxygens (including phenoxy) is 1. The number of nitrogens with zero attached hydrogens (tertiary/aromatic N) is 3. The third-order valence-corrected chi connectivity index (χ3v) is 6.22. The monoisotopic (exact) mass is 484 g/mol. The second-order valence-electron chi connectivity index (χ2n) is 8.66. The summed E-state index contributed by atoms with van der Waals surface area (Å²) in [6.07, 6.45) is 0. The Kier molecular flexibility index (Phi) is 6.25. The fourth-order valence-corrected chi connectivity index (χ4v) is 4.29. The minimum Gasteiger partial charge on any atom is -0.497 e. The molecule has 1 atom stereocenters. The van der Waals surface area contributed by atoms with Crippen LogP contribution in [0.25, 0.3) is 17.0 Å². The number of rotatable bonds is 6. The number of nitrogens with one attached hydrogen (secondary N) is 1. The van der Waals surface area contributed by atoms with Crippen molar-refractivity contribution >= 4 is 11.6 Å². The molecule has 0 fully saturated rings. The van der Waals surface area contributed by atoms with Crippen LogP contribution in [0.1, 0.15) is 35.5 Å². The Balaban J connectivity index is 1.59. The lowest BCUT2D eigenvalue weighted by atomic mass is 9.94. The molecule has 1 aliphatic heterocycles. The van der Waals surface area contributed by atoms with Gasteiger partial charge in [-0.15, -0.1) is 0 Å². The van der Waals surface area contributed by atoms with Gasteiger partial charge in [-0.05, 0) is 49.2 Å². The van der Waals surface area contributed by atoms with Crippen molar-refractivity contribution in [2.75, 3.05) is 7.11 Å². The maximum Gasteiger partial charge on any atom is 0.322 e. The highest BCUT2D eigenvalue weighted by Crippen LogP contribution is 2.38. The molecular weight excluding hydrogens is 459 g/mol. The van der Waals surface area contributed by atoms with E-state index in [1.54, 1.807) is 24.1 Å². The molecule has 0 spiro atoms. The second-order valence-corrected chi connectivity index (χ2v) is 8.66. The van der Waals surface area contributed by atoms with E-state index in [0.717, 1.165) is 16.7 Å². The molecule has 4 aromatic rings. The molecule has 7 nitrogen and oxygen atoms in total. The highest BCUT2D eigenvalue weighted by molar-refractivity contribution is 5.86. The number of benzene rings is 3. The van der Waals surface area contributed by atoms with Gasteiger partial charge in [0.2, 0.25) is 5.82 Å². The zero-order valence-corrected chi connectivity index (χ0v) is 20.2. The maximum atomic E-state index is 13.8. The summed E-state index contributed by atoms with van der Waals surface area (Å²) in [7, 11) is 1.61. The van der Waals surface area contributed by atoms with Gasteiger partial charge in [0.1, 0.15) is 11.6 Å². The summed E-state index contributed by atoms with van der Waals surface area (Å²) in [5.74, 6) is 0.846. The van der Waals surface area contributed by atoms with Gasteiger partial charge in [0, 0.05) is 11.3 Å². The Morgan fingerprint density at radius 1 is 1.06 bits per heavy atom. The van der Waals surface area contributed by atoms with E-state index in [-0.39, 0.29) is 23.6 Å². The largest absolute Gasteiger partial charge is 0.497 e. The van der Waals surface area contributed by atoms with Crippen molar-refractivity contribution in [3.05, 3.63) is 107 Å². The molecule has 8 heteroatoms. The van der Waals surface area contributed by atoms with Crippen LogP contribution in [-0.4, -0.2) is 28.2 Å². The van der Waals surface area contributed by atoms with Crippen LogP contribution in [0, 0.1) is 12.7 Å². The van der Waals surface area contributed by atoms with E-state index in [2.05, 4.69) is 15.5 Å². The fraction of sp³-hybridized carbons (Fsp3) is 0.179. The molecule has 1 N–H and O–H groups in total. The lowest BCUT2D eigenvalue weighted by Crippen LogP contribution is -2.45. The molecule has 0 saturated carbocycles. The standard InChI is InChI=1S/C28H25FN4O3/c1-17-10-12-20(13-11-17)25-24(27-31-26(32-36-27)21-7-5-8-22(29)15-21)18(2)33(28(34)30-25)16-19-6-4-9-23(14-19)35-3/h4-15,25H,16H2,1-3H3,(H,30,34). The molecule has 0 radical (unpaired) electrons. The molecule has 5 rings (SSSR count). The highest BCUT2D eigenvalue weighted by atomic mass is 19.1. The van der Waals surface area contributed by atoms with Gasteiger partial charge in [-0.1, -0.05) is 59.3 Å². The van der Waals surface area contributed by atoms with Crippen LogP contribution in [0.2, 0.25) is 0 Å². The predicted octanol–water partition coefficient (Wildman–Crippen LogP) is 5.89. The number of urea groups is 1. The molecule has 1 aromatic heterocycles. The van der Waals surface area contributed by atoms with E-state index in [9.17, 15) is 9.18 Å². The van der Waals surface area contributed by atoms with Crippen molar-refractivity contribution in [3.8, 4) is 17.1 Å². The van der Waals surface area contributed by atoms with Crippen molar-refractivity contribution < 1.29 is 18.4 Å². The van der Waals surface area contributed by atoms with Gasteiger partial charge in [-0.2, -0.15) is 4.98 Å². The summed E-state index contributed by atoms with van der Waals surface area (Å²) in [6, 6.07) is 20.8. The molecule has 182 valence electrons. The Morgan fingerprint density at radius 3 is 2.58 bits per heavy atom. The van der Waals surface area contributed by atoms with Crippen LogP contribution < -0.4 is 10.1 Å². The minimum atomic E-state index is -0.500. The van der Waals surface area contributed by atoms with Gasteiger partial charge >= 0.3 is 6.03 Å². The summed E-state index contributed by atoms with van der Waals surface area (Å²) in [5, 5.41) is 7.19. The van der Waals surface area contributed by atoms with Gasteiger partial charge in [0.15, 0.2) is 0 Å². The minimum absolute atomic E-state index is 0.241. The van der Waals surface area contributed by atoms with Crippen LogP contribution in [-0.2, 0) is 6.54 Å². The molecule has 36 heavy (non-hydrogen) atoms. The third-order valence-electron chi connectivity index (χ3n) is 6.22. The highest BCUT2D eigenvalue weighted by Gasteiger charge is 2.35. The SMILES string of the molecule is COc1cccc(CN2C(=O)NC(c3ccc(C)cc3)C(c3nc(-c4cccc(F)c4)no3)=C2C)c1. The van der Waals surface area contributed by atoms with Crippen molar-refractivity contribution in [1.29, 1.82) is 0 Å². The molecule has 3 aromatic carbocycles. The van der Waals surface area contributed by atoms with Crippen LogP contribution >= 0.6 is 0 Å². The van der Waals surface area contributed by atoms with E-state index in [1.165, 1.54) is 12.1 Å². The lowest BCUT2D eigenvalue weighted by molar-refractivity contribution is 0.203. The summed E-state index contributed by atoms with van der Waals surface area (Å²) in [5.41, 5.74) is 4.76. The quantitative estimate of drug-likeness (QED) is 0.369. The van der Waals surface area contributed by atoms with Gasteiger partial charge in [0.05, 0.1) is 25.3 Å². The first-order chi connectivity index (χ1) is 17.4. The molecular formula is C28H25FN4O3. The summed E-state index contributed by atoms with van der Waals surface area (Å²) in [6.45, 7) is 4.19. The average molecular weight is 485 g/mol. The fourth-order valence-electron chi connectivity index (χ4n) is 4.29. The van der Waals surface area contributed by atoms with E-state index >= 15 is 0 Å². The van der Waals surface area contributed by atoms with Gasteiger partial charge < -0.3 is 14.6 Å².